The molecule has 0 heterocycles. The van der Waals surface area contributed by atoms with Crippen LogP contribution >= 0.6 is 0 Å². The quantitative estimate of drug-likeness (QED) is 0.923. The van der Waals surface area contributed by atoms with Crippen LogP contribution in [0.5, 0.6) is 5.75 Å². The van der Waals surface area contributed by atoms with Crippen molar-refractivity contribution in [1.82, 2.24) is 0 Å². The van der Waals surface area contributed by atoms with Gasteiger partial charge in [0.05, 0.1) is 0 Å². The second kappa shape index (κ2) is 6.44. The first-order valence-electron chi connectivity index (χ1n) is 7.03. The average molecular weight is 283 g/mol. The van der Waals surface area contributed by atoms with Crippen LogP contribution in [0.1, 0.15) is 22.3 Å². The van der Waals surface area contributed by atoms with Crippen molar-refractivity contribution < 1.29 is 9.53 Å². The molecule has 3 nitrogen and oxygen atoms in total. The lowest BCUT2D eigenvalue weighted by molar-refractivity contribution is -0.118. The van der Waals surface area contributed by atoms with Gasteiger partial charge in [0.2, 0.25) is 0 Å². The molecule has 0 fully saturated rings. The highest BCUT2D eigenvalue weighted by atomic mass is 16.5. The number of benzene rings is 2. The van der Waals surface area contributed by atoms with E-state index in [0.29, 0.717) is 0 Å². The Balaban J connectivity index is 1.97. The zero-order valence-corrected chi connectivity index (χ0v) is 13.0. The fourth-order valence-corrected chi connectivity index (χ4v) is 2.15. The summed E-state index contributed by atoms with van der Waals surface area (Å²) < 4.78 is 5.60. The number of rotatable bonds is 4. The van der Waals surface area contributed by atoms with E-state index in [1.165, 1.54) is 5.56 Å². The molecule has 2 aromatic carbocycles. The Morgan fingerprint density at radius 3 is 2.33 bits per heavy atom. The largest absolute Gasteiger partial charge is 0.483 e. The monoisotopic (exact) mass is 283 g/mol. The summed E-state index contributed by atoms with van der Waals surface area (Å²) in [5.74, 6) is 0.605. The predicted octanol–water partition coefficient (Wildman–Crippen LogP) is 3.94. The molecule has 0 saturated carbocycles. The van der Waals surface area contributed by atoms with Gasteiger partial charge in [-0.1, -0.05) is 29.8 Å². The highest BCUT2D eigenvalue weighted by Gasteiger charge is 2.07. The minimum Gasteiger partial charge on any atom is -0.483 e. The van der Waals surface area contributed by atoms with E-state index in [-0.39, 0.29) is 12.5 Å². The third-order valence-corrected chi connectivity index (χ3v) is 3.36. The summed E-state index contributed by atoms with van der Waals surface area (Å²) >= 11 is 0. The smallest absolute Gasteiger partial charge is 0.262 e. The third-order valence-electron chi connectivity index (χ3n) is 3.36. The van der Waals surface area contributed by atoms with Crippen LogP contribution in [0.25, 0.3) is 0 Å². The molecule has 0 saturated heterocycles. The van der Waals surface area contributed by atoms with E-state index in [2.05, 4.69) is 5.32 Å². The molecule has 1 amide bonds. The van der Waals surface area contributed by atoms with Crippen LogP contribution in [0.2, 0.25) is 0 Å². The average Bonchev–Trinajstić information content (AvgIpc) is 2.43. The van der Waals surface area contributed by atoms with E-state index in [9.17, 15) is 4.79 Å². The Labute approximate surface area is 126 Å². The van der Waals surface area contributed by atoms with Crippen molar-refractivity contribution in [3.05, 3.63) is 58.7 Å². The van der Waals surface area contributed by atoms with E-state index in [4.69, 9.17) is 4.74 Å². The second-order valence-corrected chi connectivity index (χ2v) is 5.42. The third kappa shape index (κ3) is 4.09. The molecular weight excluding hydrogens is 262 g/mol. The van der Waals surface area contributed by atoms with Crippen molar-refractivity contribution in [3.8, 4) is 5.75 Å². The van der Waals surface area contributed by atoms with Crippen molar-refractivity contribution in [2.45, 2.75) is 27.7 Å². The second-order valence-electron chi connectivity index (χ2n) is 5.42. The summed E-state index contributed by atoms with van der Waals surface area (Å²) in [6.07, 6.45) is 0. The lowest BCUT2D eigenvalue weighted by atomic mass is 10.1. The molecule has 2 aromatic rings. The van der Waals surface area contributed by atoms with Gasteiger partial charge in [0.15, 0.2) is 6.61 Å². The first-order valence-corrected chi connectivity index (χ1v) is 7.03. The van der Waals surface area contributed by atoms with Crippen molar-refractivity contribution in [2.75, 3.05) is 11.9 Å². The number of hydrogen-bond donors (Lipinski definition) is 1. The van der Waals surface area contributed by atoms with Gasteiger partial charge < -0.3 is 10.1 Å². The molecule has 0 aliphatic heterocycles. The summed E-state index contributed by atoms with van der Waals surface area (Å²) in [5.41, 5.74) is 5.20. The van der Waals surface area contributed by atoms with Crippen LogP contribution in [-0.4, -0.2) is 12.5 Å². The van der Waals surface area contributed by atoms with Gasteiger partial charge in [-0.25, -0.2) is 0 Å². The Morgan fingerprint density at radius 1 is 0.952 bits per heavy atom. The molecule has 0 unspecified atom stereocenters. The Hall–Kier alpha value is -2.29. The number of carbonyl (C=O) groups is 1. The van der Waals surface area contributed by atoms with Gasteiger partial charge in [-0.05, 0) is 56.5 Å². The minimum atomic E-state index is -0.150. The number of hydrogen-bond acceptors (Lipinski definition) is 2. The summed E-state index contributed by atoms with van der Waals surface area (Å²) in [6, 6.07) is 11.9. The Kier molecular flexibility index (Phi) is 4.63. The highest BCUT2D eigenvalue weighted by Crippen LogP contribution is 2.19. The van der Waals surface area contributed by atoms with E-state index >= 15 is 0 Å². The normalized spacial score (nSPS) is 10.3. The van der Waals surface area contributed by atoms with Gasteiger partial charge >= 0.3 is 0 Å². The molecule has 2 rings (SSSR count). The Morgan fingerprint density at radius 2 is 1.62 bits per heavy atom. The maximum Gasteiger partial charge on any atom is 0.262 e. The lowest BCUT2D eigenvalue weighted by Gasteiger charge is -2.12. The molecule has 21 heavy (non-hydrogen) atoms. The predicted molar refractivity (Wildman–Crippen MR) is 86.0 cm³/mol. The molecule has 110 valence electrons. The van der Waals surface area contributed by atoms with Gasteiger partial charge in [-0.15, -0.1) is 0 Å². The SMILES string of the molecule is Cc1ccc(NC(=O)COc2cc(C)ccc2C)c(C)c1. The number of anilines is 1. The van der Waals surface area contributed by atoms with Crippen molar-refractivity contribution in [3.63, 3.8) is 0 Å². The summed E-state index contributed by atoms with van der Waals surface area (Å²) in [7, 11) is 0. The van der Waals surface area contributed by atoms with Crippen molar-refractivity contribution >= 4 is 11.6 Å². The molecular formula is C18H21NO2. The first-order chi connectivity index (χ1) is 9.95. The van der Waals surface area contributed by atoms with Crippen LogP contribution < -0.4 is 10.1 Å². The van der Waals surface area contributed by atoms with Gasteiger partial charge in [-0.2, -0.15) is 0 Å². The number of nitrogens with one attached hydrogen (secondary N) is 1. The zero-order chi connectivity index (χ0) is 15.4. The molecule has 0 radical (unpaired) electrons. The first kappa shape index (κ1) is 15.1. The van der Waals surface area contributed by atoms with Crippen LogP contribution in [0.15, 0.2) is 36.4 Å². The summed E-state index contributed by atoms with van der Waals surface area (Å²) in [4.78, 5) is 12.0. The van der Waals surface area contributed by atoms with Crippen LogP contribution in [0.4, 0.5) is 5.69 Å². The summed E-state index contributed by atoms with van der Waals surface area (Å²) in [6.45, 7) is 7.99. The minimum absolute atomic E-state index is 0.0115. The lowest BCUT2D eigenvalue weighted by Crippen LogP contribution is -2.21. The molecule has 0 aliphatic rings. The van der Waals surface area contributed by atoms with Crippen LogP contribution in [0, 0.1) is 27.7 Å². The van der Waals surface area contributed by atoms with E-state index in [1.54, 1.807) is 0 Å². The van der Waals surface area contributed by atoms with Crippen LogP contribution in [0.3, 0.4) is 0 Å². The van der Waals surface area contributed by atoms with Crippen molar-refractivity contribution in [1.29, 1.82) is 0 Å². The molecule has 0 atom stereocenters. The Bertz CT molecular complexity index is 662. The van der Waals surface area contributed by atoms with E-state index in [0.717, 1.165) is 28.1 Å². The van der Waals surface area contributed by atoms with Gasteiger partial charge in [0, 0.05) is 5.69 Å². The maximum absolute atomic E-state index is 12.0. The van der Waals surface area contributed by atoms with Crippen LogP contribution in [-0.2, 0) is 4.79 Å². The van der Waals surface area contributed by atoms with E-state index < -0.39 is 0 Å². The molecule has 1 N–H and O–H groups in total. The fourth-order valence-electron chi connectivity index (χ4n) is 2.15. The number of amides is 1. The molecule has 0 bridgehead atoms. The zero-order valence-electron chi connectivity index (χ0n) is 13.0. The standard InChI is InChI=1S/C18H21NO2/c1-12-6-8-16(15(4)9-12)19-18(20)11-21-17-10-13(2)5-7-14(17)3/h5-10H,11H2,1-4H3,(H,19,20). The van der Waals surface area contributed by atoms with Gasteiger partial charge in [0.25, 0.3) is 5.91 Å². The molecule has 0 aliphatic carbocycles. The van der Waals surface area contributed by atoms with Gasteiger partial charge in [-0.3, -0.25) is 4.79 Å². The van der Waals surface area contributed by atoms with Crippen molar-refractivity contribution in [2.24, 2.45) is 0 Å². The number of aryl methyl sites for hydroxylation is 4. The molecule has 0 spiro atoms. The van der Waals surface area contributed by atoms with E-state index in [1.807, 2.05) is 64.1 Å². The molecule has 0 aromatic heterocycles. The topological polar surface area (TPSA) is 38.3 Å². The molecule has 3 heteroatoms. The number of carbonyl (C=O) groups excluding carboxylic acids is 1. The fraction of sp³-hybridized carbons (Fsp3) is 0.278. The van der Waals surface area contributed by atoms with Gasteiger partial charge in [0.1, 0.15) is 5.75 Å². The summed E-state index contributed by atoms with van der Waals surface area (Å²) in [5, 5.41) is 2.88. The highest BCUT2D eigenvalue weighted by molar-refractivity contribution is 5.92. The number of ether oxygens (including phenoxy) is 1. The maximum atomic E-state index is 12.0.